The first-order valence-corrected chi connectivity index (χ1v) is 5.58. The molecule has 0 fully saturated rings. The molecular weight excluding hydrogens is 213 g/mol. The number of thioether (sulfide) groups is 1. The van der Waals surface area contributed by atoms with E-state index in [0.717, 1.165) is 4.90 Å². The molecule has 0 aliphatic rings. The predicted octanol–water partition coefficient (Wildman–Crippen LogP) is 2.52. The number of H-pyrrole nitrogens is 1. The summed E-state index contributed by atoms with van der Waals surface area (Å²) in [6.45, 7) is 0. The average Bonchev–Trinajstić information content (AvgIpc) is 2.64. The molecule has 1 aromatic carbocycles. The second kappa shape index (κ2) is 3.94. The van der Waals surface area contributed by atoms with Crippen LogP contribution in [0.15, 0.2) is 29.3 Å². The molecule has 0 aliphatic carbocycles. The van der Waals surface area contributed by atoms with E-state index in [-0.39, 0.29) is 5.82 Å². The molecule has 2 aromatic rings. The van der Waals surface area contributed by atoms with Gasteiger partial charge in [0.2, 0.25) is 0 Å². The smallest absolute Gasteiger partial charge is 0.132 e. The number of halogens is 1. The highest BCUT2D eigenvalue weighted by atomic mass is 32.2. The standard InChI is InChI=1S/C10H10FN3S/c1-15-8-4-2-3-7(11)9(8)6-5-13-14-10(6)12/h2-5H,1H3,(H3,12,13,14). The summed E-state index contributed by atoms with van der Waals surface area (Å²) >= 11 is 1.48. The van der Waals surface area contributed by atoms with Crippen LogP contribution in [0.4, 0.5) is 10.2 Å². The van der Waals surface area contributed by atoms with Crippen LogP contribution in [-0.2, 0) is 0 Å². The Kier molecular flexibility index (Phi) is 2.64. The van der Waals surface area contributed by atoms with E-state index in [9.17, 15) is 4.39 Å². The minimum absolute atomic E-state index is 0.282. The Labute approximate surface area is 90.9 Å². The zero-order chi connectivity index (χ0) is 10.8. The SMILES string of the molecule is CSc1cccc(F)c1-c1cn[nH]c1N. The molecule has 5 heteroatoms. The van der Waals surface area contributed by atoms with Crippen molar-refractivity contribution in [2.75, 3.05) is 12.0 Å². The van der Waals surface area contributed by atoms with E-state index < -0.39 is 0 Å². The number of hydrogen-bond donors (Lipinski definition) is 2. The summed E-state index contributed by atoms with van der Waals surface area (Å²) in [7, 11) is 0. The van der Waals surface area contributed by atoms with Crippen molar-refractivity contribution in [2.45, 2.75) is 4.90 Å². The van der Waals surface area contributed by atoms with Crippen LogP contribution in [0.25, 0.3) is 11.1 Å². The van der Waals surface area contributed by atoms with E-state index in [2.05, 4.69) is 10.2 Å². The van der Waals surface area contributed by atoms with Gasteiger partial charge in [0.15, 0.2) is 0 Å². The fourth-order valence-corrected chi connectivity index (χ4v) is 2.06. The number of aromatic amines is 1. The van der Waals surface area contributed by atoms with Gasteiger partial charge in [0, 0.05) is 16.0 Å². The van der Waals surface area contributed by atoms with Gasteiger partial charge < -0.3 is 5.73 Å². The van der Waals surface area contributed by atoms with E-state index in [4.69, 9.17) is 5.73 Å². The molecule has 3 N–H and O–H groups in total. The number of anilines is 1. The summed E-state index contributed by atoms with van der Waals surface area (Å²) in [4.78, 5) is 0.850. The number of aromatic nitrogens is 2. The molecule has 0 amide bonds. The number of rotatable bonds is 2. The molecule has 0 atom stereocenters. The monoisotopic (exact) mass is 223 g/mol. The number of nitrogen functional groups attached to an aromatic ring is 1. The summed E-state index contributed by atoms with van der Waals surface area (Å²) in [5, 5.41) is 6.39. The fraction of sp³-hybridized carbons (Fsp3) is 0.100. The molecular formula is C10H10FN3S. The van der Waals surface area contributed by atoms with Gasteiger partial charge in [0.1, 0.15) is 11.6 Å². The van der Waals surface area contributed by atoms with Gasteiger partial charge in [-0.15, -0.1) is 11.8 Å². The van der Waals surface area contributed by atoms with Crippen molar-refractivity contribution in [3.05, 3.63) is 30.2 Å². The molecule has 1 heterocycles. The van der Waals surface area contributed by atoms with Crippen LogP contribution in [0.5, 0.6) is 0 Å². The third-order valence-electron chi connectivity index (χ3n) is 2.13. The fourth-order valence-electron chi connectivity index (χ4n) is 1.43. The number of benzene rings is 1. The molecule has 0 saturated carbocycles. The summed E-state index contributed by atoms with van der Waals surface area (Å²) < 4.78 is 13.7. The van der Waals surface area contributed by atoms with Crippen molar-refractivity contribution in [2.24, 2.45) is 0 Å². The molecule has 0 spiro atoms. The van der Waals surface area contributed by atoms with Gasteiger partial charge in [0.25, 0.3) is 0 Å². The van der Waals surface area contributed by atoms with Crippen LogP contribution in [0, 0.1) is 5.82 Å². The van der Waals surface area contributed by atoms with Crippen molar-refractivity contribution in [1.82, 2.24) is 10.2 Å². The van der Waals surface area contributed by atoms with E-state index in [0.29, 0.717) is 16.9 Å². The maximum Gasteiger partial charge on any atom is 0.132 e. The van der Waals surface area contributed by atoms with Crippen molar-refractivity contribution in [3.63, 3.8) is 0 Å². The van der Waals surface area contributed by atoms with Crippen LogP contribution in [0.3, 0.4) is 0 Å². The Morgan fingerprint density at radius 1 is 1.47 bits per heavy atom. The molecule has 2 rings (SSSR count). The third kappa shape index (κ3) is 1.70. The largest absolute Gasteiger partial charge is 0.384 e. The first-order valence-electron chi connectivity index (χ1n) is 4.35. The van der Waals surface area contributed by atoms with Gasteiger partial charge in [-0.25, -0.2) is 4.39 Å². The second-order valence-electron chi connectivity index (χ2n) is 3.01. The van der Waals surface area contributed by atoms with E-state index >= 15 is 0 Å². The number of nitrogens with one attached hydrogen (secondary N) is 1. The van der Waals surface area contributed by atoms with Crippen molar-refractivity contribution < 1.29 is 4.39 Å². The van der Waals surface area contributed by atoms with Crippen LogP contribution in [-0.4, -0.2) is 16.5 Å². The van der Waals surface area contributed by atoms with E-state index in [1.807, 2.05) is 12.3 Å². The van der Waals surface area contributed by atoms with Crippen molar-refractivity contribution in [1.29, 1.82) is 0 Å². The van der Waals surface area contributed by atoms with Gasteiger partial charge in [-0.05, 0) is 18.4 Å². The molecule has 0 aliphatic heterocycles. The van der Waals surface area contributed by atoms with Gasteiger partial charge in [-0.2, -0.15) is 5.10 Å². The first-order chi connectivity index (χ1) is 7.24. The highest BCUT2D eigenvalue weighted by Crippen LogP contribution is 2.34. The lowest BCUT2D eigenvalue weighted by molar-refractivity contribution is 0.628. The maximum absolute atomic E-state index is 13.7. The molecule has 0 radical (unpaired) electrons. The summed E-state index contributed by atoms with van der Waals surface area (Å²) in [5.74, 6) is 0.102. The Morgan fingerprint density at radius 2 is 2.27 bits per heavy atom. The van der Waals surface area contributed by atoms with Gasteiger partial charge >= 0.3 is 0 Å². The Hall–Kier alpha value is -1.49. The average molecular weight is 223 g/mol. The maximum atomic E-state index is 13.7. The first kappa shape index (κ1) is 10.0. The number of nitrogens with two attached hydrogens (primary N) is 1. The van der Waals surface area contributed by atoms with Crippen molar-refractivity contribution >= 4 is 17.6 Å². The van der Waals surface area contributed by atoms with Gasteiger partial charge in [-0.1, -0.05) is 6.07 Å². The molecule has 0 bridgehead atoms. The zero-order valence-electron chi connectivity index (χ0n) is 8.12. The third-order valence-corrected chi connectivity index (χ3v) is 2.91. The summed E-state index contributed by atoms with van der Waals surface area (Å²) in [5.41, 5.74) is 6.79. The molecule has 3 nitrogen and oxygen atoms in total. The summed E-state index contributed by atoms with van der Waals surface area (Å²) in [6.07, 6.45) is 3.43. The minimum Gasteiger partial charge on any atom is -0.384 e. The zero-order valence-corrected chi connectivity index (χ0v) is 8.94. The highest BCUT2D eigenvalue weighted by Gasteiger charge is 2.13. The lowest BCUT2D eigenvalue weighted by atomic mass is 10.1. The van der Waals surface area contributed by atoms with Crippen LogP contribution in [0.2, 0.25) is 0 Å². The van der Waals surface area contributed by atoms with Gasteiger partial charge in [0.05, 0.1) is 6.20 Å². The van der Waals surface area contributed by atoms with Gasteiger partial charge in [-0.3, -0.25) is 5.10 Å². The Balaban J connectivity index is 2.66. The molecule has 15 heavy (non-hydrogen) atoms. The molecule has 78 valence electrons. The predicted molar refractivity (Wildman–Crippen MR) is 60.2 cm³/mol. The van der Waals surface area contributed by atoms with Crippen LogP contribution < -0.4 is 5.73 Å². The normalized spacial score (nSPS) is 10.5. The second-order valence-corrected chi connectivity index (χ2v) is 3.86. The molecule has 0 saturated heterocycles. The Morgan fingerprint density at radius 3 is 2.87 bits per heavy atom. The quantitative estimate of drug-likeness (QED) is 0.769. The number of nitrogens with zero attached hydrogens (tertiary/aromatic N) is 1. The molecule has 1 aromatic heterocycles. The van der Waals surface area contributed by atoms with Crippen molar-refractivity contribution in [3.8, 4) is 11.1 Å². The number of hydrogen-bond acceptors (Lipinski definition) is 3. The van der Waals surface area contributed by atoms with Crippen LogP contribution in [0.1, 0.15) is 0 Å². The minimum atomic E-state index is -0.282. The lowest BCUT2D eigenvalue weighted by Crippen LogP contribution is -1.91. The topological polar surface area (TPSA) is 54.7 Å². The Bertz CT molecular complexity index is 481. The van der Waals surface area contributed by atoms with E-state index in [1.54, 1.807) is 6.07 Å². The van der Waals surface area contributed by atoms with Crippen LogP contribution >= 0.6 is 11.8 Å². The lowest BCUT2D eigenvalue weighted by Gasteiger charge is -2.06. The molecule has 0 unspecified atom stereocenters. The summed E-state index contributed by atoms with van der Waals surface area (Å²) in [6, 6.07) is 4.96. The van der Waals surface area contributed by atoms with E-state index in [1.165, 1.54) is 24.0 Å². The highest BCUT2D eigenvalue weighted by molar-refractivity contribution is 7.98.